The van der Waals surface area contributed by atoms with E-state index in [9.17, 15) is 4.39 Å². The van der Waals surface area contributed by atoms with E-state index in [0.717, 1.165) is 31.4 Å². The minimum absolute atomic E-state index is 0.106. The number of halogens is 1. The Morgan fingerprint density at radius 3 is 2.67 bits per heavy atom. The van der Waals surface area contributed by atoms with E-state index in [4.69, 9.17) is 5.73 Å². The third-order valence-corrected chi connectivity index (χ3v) is 2.91. The SMILES string of the molecule is CC(CCN(C)C)C1=C(F)C=C(N)CC1. The monoisotopic (exact) mass is 212 g/mol. The molecular weight excluding hydrogens is 191 g/mol. The summed E-state index contributed by atoms with van der Waals surface area (Å²) in [5.41, 5.74) is 7.19. The molecule has 2 N–H and O–H groups in total. The van der Waals surface area contributed by atoms with Crippen LogP contribution in [-0.2, 0) is 0 Å². The Balaban J connectivity index is 2.59. The molecule has 0 amide bonds. The van der Waals surface area contributed by atoms with Crippen molar-refractivity contribution in [3.63, 3.8) is 0 Å². The standard InChI is InChI=1S/C12H21FN2/c1-9(6-7-15(2)3)11-5-4-10(14)8-12(11)13/h8-9H,4-7,14H2,1-3H3. The van der Waals surface area contributed by atoms with Crippen molar-refractivity contribution in [2.75, 3.05) is 20.6 Å². The average Bonchev–Trinajstić information content (AvgIpc) is 2.14. The van der Waals surface area contributed by atoms with Crippen LogP contribution in [0.3, 0.4) is 0 Å². The minimum Gasteiger partial charge on any atom is -0.402 e. The van der Waals surface area contributed by atoms with Gasteiger partial charge in [0.1, 0.15) is 5.83 Å². The quantitative estimate of drug-likeness (QED) is 0.775. The van der Waals surface area contributed by atoms with E-state index in [2.05, 4.69) is 11.8 Å². The highest BCUT2D eigenvalue weighted by Gasteiger charge is 2.17. The molecule has 0 saturated heterocycles. The Kier molecular flexibility index (Phi) is 4.33. The van der Waals surface area contributed by atoms with Crippen molar-refractivity contribution < 1.29 is 4.39 Å². The van der Waals surface area contributed by atoms with Crippen molar-refractivity contribution in [1.82, 2.24) is 4.90 Å². The van der Waals surface area contributed by atoms with E-state index in [1.807, 2.05) is 14.1 Å². The third-order valence-electron chi connectivity index (χ3n) is 2.91. The Labute approximate surface area is 91.6 Å². The van der Waals surface area contributed by atoms with Gasteiger partial charge in [-0.1, -0.05) is 6.92 Å². The van der Waals surface area contributed by atoms with Crippen LogP contribution in [0.25, 0.3) is 0 Å². The number of hydrogen-bond acceptors (Lipinski definition) is 2. The van der Waals surface area contributed by atoms with Crippen LogP contribution in [0.4, 0.5) is 4.39 Å². The van der Waals surface area contributed by atoms with Crippen molar-refractivity contribution in [3.05, 3.63) is 23.2 Å². The van der Waals surface area contributed by atoms with Gasteiger partial charge in [-0.25, -0.2) is 4.39 Å². The summed E-state index contributed by atoms with van der Waals surface area (Å²) < 4.78 is 13.6. The highest BCUT2D eigenvalue weighted by atomic mass is 19.1. The van der Waals surface area contributed by atoms with E-state index in [0.29, 0.717) is 11.6 Å². The van der Waals surface area contributed by atoms with Crippen LogP contribution in [0.15, 0.2) is 23.2 Å². The summed E-state index contributed by atoms with van der Waals surface area (Å²) in [4.78, 5) is 2.13. The maximum absolute atomic E-state index is 13.6. The van der Waals surface area contributed by atoms with Crippen molar-refractivity contribution in [1.29, 1.82) is 0 Å². The highest BCUT2D eigenvalue weighted by molar-refractivity contribution is 5.28. The molecule has 0 heterocycles. The van der Waals surface area contributed by atoms with Crippen LogP contribution < -0.4 is 5.73 Å². The summed E-state index contributed by atoms with van der Waals surface area (Å²) in [6, 6.07) is 0. The zero-order valence-electron chi connectivity index (χ0n) is 9.89. The van der Waals surface area contributed by atoms with Gasteiger partial charge in [0.15, 0.2) is 0 Å². The van der Waals surface area contributed by atoms with Crippen molar-refractivity contribution in [2.24, 2.45) is 11.7 Å². The molecule has 0 radical (unpaired) electrons. The second-order valence-electron chi connectivity index (χ2n) is 4.59. The van der Waals surface area contributed by atoms with Gasteiger partial charge in [0.05, 0.1) is 0 Å². The zero-order valence-corrected chi connectivity index (χ0v) is 9.89. The number of nitrogens with two attached hydrogens (primary N) is 1. The van der Waals surface area contributed by atoms with Gasteiger partial charge in [-0.2, -0.15) is 0 Å². The van der Waals surface area contributed by atoms with Crippen LogP contribution in [0.2, 0.25) is 0 Å². The molecule has 0 aromatic heterocycles. The number of nitrogens with zero attached hydrogens (tertiary/aromatic N) is 1. The molecule has 0 saturated carbocycles. The van der Waals surface area contributed by atoms with Crippen molar-refractivity contribution in [3.8, 4) is 0 Å². The van der Waals surface area contributed by atoms with Crippen LogP contribution in [-0.4, -0.2) is 25.5 Å². The molecule has 1 unspecified atom stereocenters. The van der Waals surface area contributed by atoms with Gasteiger partial charge >= 0.3 is 0 Å². The first kappa shape index (κ1) is 12.2. The smallest absolute Gasteiger partial charge is 0.124 e. The highest BCUT2D eigenvalue weighted by Crippen LogP contribution is 2.29. The molecule has 1 rings (SSSR count). The normalized spacial score (nSPS) is 19.4. The fraction of sp³-hybridized carbons (Fsp3) is 0.667. The van der Waals surface area contributed by atoms with E-state index < -0.39 is 0 Å². The number of allylic oxidation sites excluding steroid dienone is 4. The number of hydrogen-bond donors (Lipinski definition) is 1. The molecule has 3 heteroatoms. The Morgan fingerprint density at radius 1 is 1.47 bits per heavy atom. The molecule has 0 aromatic carbocycles. The molecule has 0 aromatic rings. The van der Waals surface area contributed by atoms with Crippen LogP contribution in [0.5, 0.6) is 0 Å². The summed E-state index contributed by atoms with van der Waals surface area (Å²) in [5, 5.41) is 0. The molecule has 1 atom stereocenters. The molecule has 0 spiro atoms. The Hall–Kier alpha value is -0.830. The molecule has 1 aliphatic rings. The van der Waals surface area contributed by atoms with Crippen LogP contribution >= 0.6 is 0 Å². The second kappa shape index (κ2) is 5.31. The summed E-state index contributed by atoms with van der Waals surface area (Å²) in [5.74, 6) is 0.210. The van der Waals surface area contributed by atoms with Gasteiger partial charge in [-0.05, 0) is 57.5 Å². The van der Waals surface area contributed by atoms with Gasteiger partial charge in [0.2, 0.25) is 0 Å². The maximum Gasteiger partial charge on any atom is 0.124 e. The Morgan fingerprint density at radius 2 is 2.13 bits per heavy atom. The lowest BCUT2D eigenvalue weighted by Crippen LogP contribution is -2.17. The molecule has 15 heavy (non-hydrogen) atoms. The van der Waals surface area contributed by atoms with E-state index in [1.54, 1.807) is 0 Å². The van der Waals surface area contributed by atoms with Crippen LogP contribution in [0.1, 0.15) is 26.2 Å². The lowest BCUT2D eigenvalue weighted by atomic mass is 9.89. The van der Waals surface area contributed by atoms with Gasteiger partial charge in [0.25, 0.3) is 0 Å². The van der Waals surface area contributed by atoms with E-state index in [-0.39, 0.29) is 5.83 Å². The molecule has 0 bridgehead atoms. The first-order valence-electron chi connectivity index (χ1n) is 5.50. The molecule has 86 valence electrons. The summed E-state index contributed by atoms with van der Waals surface area (Å²) in [6.07, 6.45) is 4.06. The topological polar surface area (TPSA) is 29.3 Å². The fourth-order valence-electron chi connectivity index (χ4n) is 1.83. The van der Waals surface area contributed by atoms with Crippen LogP contribution in [0, 0.1) is 5.92 Å². The zero-order chi connectivity index (χ0) is 11.4. The van der Waals surface area contributed by atoms with E-state index >= 15 is 0 Å². The molecule has 1 aliphatic carbocycles. The molecule has 0 aliphatic heterocycles. The molecular formula is C12H21FN2. The van der Waals surface area contributed by atoms with E-state index in [1.165, 1.54) is 6.08 Å². The average molecular weight is 212 g/mol. The van der Waals surface area contributed by atoms with Gasteiger partial charge in [-0.15, -0.1) is 0 Å². The first-order chi connectivity index (χ1) is 7.00. The lowest BCUT2D eigenvalue weighted by molar-refractivity contribution is 0.369. The third kappa shape index (κ3) is 3.67. The second-order valence-corrected chi connectivity index (χ2v) is 4.59. The molecule has 0 fully saturated rings. The summed E-state index contributed by atoms with van der Waals surface area (Å²) in [6.45, 7) is 3.09. The molecule has 2 nitrogen and oxygen atoms in total. The van der Waals surface area contributed by atoms with Crippen molar-refractivity contribution >= 4 is 0 Å². The largest absolute Gasteiger partial charge is 0.402 e. The number of rotatable bonds is 4. The predicted molar refractivity (Wildman–Crippen MR) is 62.0 cm³/mol. The maximum atomic E-state index is 13.6. The van der Waals surface area contributed by atoms with Gasteiger partial charge in [0, 0.05) is 5.70 Å². The summed E-state index contributed by atoms with van der Waals surface area (Å²) in [7, 11) is 4.08. The lowest BCUT2D eigenvalue weighted by Gasteiger charge is -2.21. The summed E-state index contributed by atoms with van der Waals surface area (Å²) >= 11 is 0. The fourth-order valence-corrected chi connectivity index (χ4v) is 1.83. The van der Waals surface area contributed by atoms with Gasteiger partial charge < -0.3 is 10.6 Å². The predicted octanol–water partition coefficient (Wildman–Crippen LogP) is 2.43. The first-order valence-corrected chi connectivity index (χ1v) is 5.50. The minimum atomic E-state index is -0.106. The Bertz CT molecular complexity index is 279. The van der Waals surface area contributed by atoms with Gasteiger partial charge in [-0.3, -0.25) is 0 Å². The van der Waals surface area contributed by atoms with Crippen molar-refractivity contribution in [2.45, 2.75) is 26.2 Å².